The molecule has 0 aliphatic heterocycles. The van der Waals surface area contributed by atoms with Crippen molar-refractivity contribution in [2.45, 2.75) is 19.4 Å². The molecule has 6 heteroatoms. The second-order valence-corrected chi connectivity index (χ2v) is 6.93. The minimum absolute atomic E-state index is 0.177. The van der Waals surface area contributed by atoms with Gasteiger partial charge in [-0.25, -0.2) is 0 Å². The van der Waals surface area contributed by atoms with Gasteiger partial charge in [0.2, 0.25) is 0 Å². The first-order valence-corrected chi connectivity index (χ1v) is 8.20. The molecule has 1 N–H and O–H groups in total. The zero-order chi connectivity index (χ0) is 14.9. The first kappa shape index (κ1) is 16.0. The Labute approximate surface area is 141 Å². The summed E-state index contributed by atoms with van der Waals surface area (Å²) >= 11 is 13.4. The Balaban J connectivity index is 2.33. The zero-order valence-electron chi connectivity index (χ0n) is 11.5. The van der Waals surface area contributed by atoms with Crippen LogP contribution < -0.4 is 5.32 Å². The molecular formula is C14H16Br2ClN3. The van der Waals surface area contributed by atoms with Crippen molar-refractivity contribution in [1.82, 2.24) is 15.1 Å². The lowest BCUT2D eigenvalue weighted by atomic mass is 10.0. The second-order valence-electron chi connectivity index (χ2n) is 4.72. The highest BCUT2D eigenvalue weighted by Crippen LogP contribution is 2.29. The van der Waals surface area contributed by atoms with E-state index in [0.29, 0.717) is 0 Å². The molecule has 3 nitrogen and oxygen atoms in total. The van der Waals surface area contributed by atoms with E-state index in [9.17, 15) is 0 Å². The van der Waals surface area contributed by atoms with E-state index in [1.54, 1.807) is 0 Å². The molecule has 108 valence electrons. The minimum Gasteiger partial charge on any atom is -0.313 e. The van der Waals surface area contributed by atoms with Gasteiger partial charge >= 0.3 is 0 Å². The smallest absolute Gasteiger partial charge is 0.0847 e. The quantitative estimate of drug-likeness (QED) is 0.793. The molecule has 2 aromatic rings. The van der Waals surface area contributed by atoms with Crippen molar-refractivity contribution in [3.63, 3.8) is 0 Å². The van der Waals surface area contributed by atoms with Crippen LogP contribution in [0.1, 0.15) is 23.0 Å². The van der Waals surface area contributed by atoms with Crippen LogP contribution in [0.2, 0.25) is 5.02 Å². The largest absolute Gasteiger partial charge is 0.313 e. The van der Waals surface area contributed by atoms with Gasteiger partial charge < -0.3 is 5.32 Å². The predicted octanol–water partition coefficient (Wildman–Crippen LogP) is 4.41. The topological polar surface area (TPSA) is 29.9 Å². The number of likely N-dealkylation sites (N-methyl/N-ethyl adjacent to an activating group) is 1. The molecule has 0 spiro atoms. The van der Waals surface area contributed by atoms with E-state index >= 15 is 0 Å². The average Bonchev–Trinajstić information content (AvgIpc) is 2.60. The van der Waals surface area contributed by atoms with E-state index in [1.165, 1.54) is 5.56 Å². The number of hydrogen-bond acceptors (Lipinski definition) is 2. The molecule has 0 bridgehead atoms. The fourth-order valence-corrected chi connectivity index (χ4v) is 3.82. The van der Waals surface area contributed by atoms with Gasteiger partial charge in [0, 0.05) is 28.5 Å². The van der Waals surface area contributed by atoms with Gasteiger partial charge in [-0.15, -0.1) is 0 Å². The molecule has 0 radical (unpaired) electrons. The number of benzene rings is 1. The van der Waals surface area contributed by atoms with Crippen molar-refractivity contribution >= 4 is 43.5 Å². The fraction of sp³-hybridized carbons (Fsp3) is 0.357. The van der Waals surface area contributed by atoms with Crippen LogP contribution in [0, 0.1) is 6.92 Å². The number of hydrogen-bond donors (Lipinski definition) is 1. The van der Waals surface area contributed by atoms with Gasteiger partial charge in [0.05, 0.1) is 16.4 Å². The Morgan fingerprint density at radius 1 is 1.30 bits per heavy atom. The van der Waals surface area contributed by atoms with Crippen LogP contribution in [0.15, 0.2) is 27.1 Å². The molecule has 0 saturated carbocycles. The number of aromatic nitrogens is 2. The molecule has 0 aliphatic rings. The average molecular weight is 422 g/mol. The zero-order valence-corrected chi connectivity index (χ0v) is 15.5. The van der Waals surface area contributed by atoms with Crippen molar-refractivity contribution < 1.29 is 0 Å². The van der Waals surface area contributed by atoms with Crippen molar-refractivity contribution in [3.8, 4) is 0 Å². The van der Waals surface area contributed by atoms with Gasteiger partial charge in [-0.1, -0.05) is 43.5 Å². The van der Waals surface area contributed by atoms with Crippen LogP contribution in [0.3, 0.4) is 0 Å². The van der Waals surface area contributed by atoms with Gasteiger partial charge in [0.15, 0.2) is 0 Å². The summed E-state index contributed by atoms with van der Waals surface area (Å²) in [5.74, 6) is 0. The molecule has 1 aromatic heterocycles. The van der Waals surface area contributed by atoms with Gasteiger partial charge in [-0.2, -0.15) is 5.10 Å². The number of nitrogens with zero attached hydrogens (tertiary/aromatic N) is 2. The summed E-state index contributed by atoms with van der Waals surface area (Å²) in [6.45, 7) is 1.93. The third kappa shape index (κ3) is 3.45. The Kier molecular flexibility index (Phi) is 5.29. The monoisotopic (exact) mass is 419 g/mol. The number of rotatable bonds is 4. The second kappa shape index (κ2) is 6.60. The van der Waals surface area contributed by atoms with Crippen molar-refractivity contribution in [1.29, 1.82) is 0 Å². The summed E-state index contributed by atoms with van der Waals surface area (Å²) in [6, 6.07) is 6.43. The first-order chi connectivity index (χ1) is 9.42. The van der Waals surface area contributed by atoms with Crippen LogP contribution in [0.5, 0.6) is 0 Å². The van der Waals surface area contributed by atoms with E-state index in [0.717, 1.165) is 31.8 Å². The third-order valence-corrected chi connectivity index (χ3v) is 4.70. The highest BCUT2D eigenvalue weighted by molar-refractivity contribution is 9.11. The predicted molar refractivity (Wildman–Crippen MR) is 90.3 cm³/mol. The third-order valence-electron chi connectivity index (χ3n) is 3.29. The Morgan fingerprint density at radius 2 is 1.90 bits per heavy atom. The molecule has 0 saturated heterocycles. The number of aryl methyl sites for hydroxylation is 2. The summed E-state index contributed by atoms with van der Waals surface area (Å²) < 4.78 is 3.96. The molecule has 20 heavy (non-hydrogen) atoms. The van der Waals surface area contributed by atoms with Crippen LogP contribution in [-0.2, 0) is 13.5 Å². The van der Waals surface area contributed by atoms with Crippen molar-refractivity contribution in [2.75, 3.05) is 7.05 Å². The molecule has 0 aliphatic carbocycles. The van der Waals surface area contributed by atoms with Gasteiger partial charge in [0.1, 0.15) is 0 Å². The Hall–Kier alpha value is -0.360. The standard InChI is InChI=1S/C14H16Br2ClN3/c1-8-14(17)13(20(3)19-8)7-12(18-2)9-4-10(15)6-11(16)5-9/h4-6,12,18H,7H2,1-3H3. The molecule has 1 aromatic carbocycles. The summed E-state index contributed by atoms with van der Waals surface area (Å²) in [5, 5.41) is 8.46. The van der Waals surface area contributed by atoms with Crippen molar-refractivity contribution in [2.24, 2.45) is 7.05 Å². The summed E-state index contributed by atoms with van der Waals surface area (Å²) in [5.41, 5.74) is 3.11. The maximum atomic E-state index is 6.34. The fourth-order valence-electron chi connectivity index (χ4n) is 2.26. The van der Waals surface area contributed by atoms with Crippen LogP contribution in [0.25, 0.3) is 0 Å². The SMILES string of the molecule is CNC(Cc1c(Cl)c(C)nn1C)c1cc(Br)cc(Br)c1. The summed E-state index contributed by atoms with van der Waals surface area (Å²) in [4.78, 5) is 0. The van der Waals surface area contributed by atoms with Gasteiger partial charge in [-0.3, -0.25) is 4.68 Å². The van der Waals surface area contributed by atoms with Crippen molar-refractivity contribution in [3.05, 3.63) is 49.1 Å². The molecule has 1 heterocycles. The number of nitrogens with one attached hydrogen (secondary N) is 1. The highest BCUT2D eigenvalue weighted by atomic mass is 79.9. The molecular weight excluding hydrogens is 405 g/mol. The van der Waals surface area contributed by atoms with E-state index < -0.39 is 0 Å². The molecule has 2 rings (SSSR count). The molecule has 0 fully saturated rings. The maximum absolute atomic E-state index is 6.34. The Bertz CT molecular complexity index is 605. The lowest BCUT2D eigenvalue weighted by molar-refractivity contribution is 0.561. The first-order valence-electron chi connectivity index (χ1n) is 6.23. The Morgan fingerprint density at radius 3 is 2.35 bits per heavy atom. The molecule has 1 unspecified atom stereocenters. The summed E-state index contributed by atoms with van der Waals surface area (Å²) in [6.07, 6.45) is 0.787. The van der Waals surface area contributed by atoms with Crippen LogP contribution >= 0.6 is 43.5 Å². The highest BCUT2D eigenvalue weighted by Gasteiger charge is 2.18. The van der Waals surface area contributed by atoms with E-state index in [4.69, 9.17) is 11.6 Å². The van der Waals surface area contributed by atoms with Gasteiger partial charge in [-0.05, 0) is 37.7 Å². The van der Waals surface area contributed by atoms with E-state index in [-0.39, 0.29) is 6.04 Å². The lowest BCUT2D eigenvalue weighted by Gasteiger charge is -2.18. The van der Waals surface area contributed by atoms with E-state index in [2.05, 4.69) is 54.4 Å². The minimum atomic E-state index is 0.177. The molecule has 1 atom stereocenters. The summed E-state index contributed by atoms with van der Waals surface area (Å²) in [7, 11) is 3.88. The van der Waals surface area contributed by atoms with Crippen LogP contribution in [-0.4, -0.2) is 16.8 Å². The molecule has 0 amide bonds. The van der Waals surface area contributed by atoms with Gasteiger partial charge in [0.25, 0.3) is 0 Å². The van der Waals surface area contributed by atoms with Crippen LogP contribution in [0.4, 0.5) is 0 Å². The van der Waals surface area contributed by atoms with E-state index in [1.807, 2.05) is 31.8 Å². The maximum Gasteiger partial charge on any atom is 0.0847 e. The normalized spacial score (nSPS) is 12.7. The number of halogens is 3. The lowest BCUT2D eigenvalue weighted by Crippen LogP contribution is -2.20.